The van der Waals surface area contributed by atoms with E-state index in [9.17, 15) is 13.2 Å². The fraction of sp³-hybridized carbons (Fsp3) is 0. The Kier molecular flexibility index (Phi) is 2.94. The van der Waals surface area contributed by atoms with Gasteiger partial charge in [-0.1, -0.05) is 0 Å². The summed E-state index contributed by atoms with van der Waals surface area (Å²) in [6, 6.07) is 5.92. The van der Waals surface area contributed by atoms with Gasteiger partial charge in [0, 0.05) is 29.6 Å². The Labute approximate surface area is 127 Å². The van der Waals surface area contributed by atoms with Crippen molar-refractivity contribution < 1.29 is 17.6 Å². The number of hydrogen-bond donors (Lipinski definition) is 0. The van der Waals surface area contributed by atoms with Crippen LogP contribution < -0.4 is 0 Å². The smallest absolute Gasteiger partial charge is 0.306 e. The molecule has 0 aliphatic rings. The molecule has 0 amide bonds. The quantitative estimate of drug-likeness (QED) is 0.524. The molecule has 1 aromatic carbocycles. The molecule has 3 aromatic heterocycles. The third-order valence-corrected chi connectivity index (χ3v) is 3.45. The Morgan fingerprint density at radius 1 is 1.04 bits per heavy atom. The Morgan fingerprint density at radius 3 is 2.65 bits per heavy atom. The maximum atomic E-state index is 14.1. The van der Waals surface area contributed by atoms with Gasteiger partial charge in [-0.25, -0.2) is 13.8 Å². The standard InChI is InChI=1S/C16H8F3N3O/c17-10-2-3-11(12(18)7-10)14-15(9-1-4-13(19)20-8-9)22-5-6-23-16(22)21-14/h1-8H. The number of halogens is 3. The van der Waals surface area contributed by atoms with Crippen LogP contribution in [0.15, 0.2) is 53.4 Å². The minimum Gasteiger partial charge on any atom is -0.432 e. The second kappa shape index (κ2) is 4.98. The molecule has 0 unspecified atom stereocenters. The maximum absolute atomic E-state index is 14.1. The van der Waals surface area contributed by atoms with E-state index in [4.69, 9.17) is 4.42 Å². The number of nitrogens with zero attached hydrogens (tertiary/aromatic N) is 3. The van der Waals surface area contributed by atoms with Crippen molar-refractivity contribution in [3.8, 4) is 22.5 Å². The summed E-state index contributed by atoms with van der Waals surface area (Å²) >= 11 is 0. The molecule has 0 bridgehead atoms. The summed E-state index contributed by atoms with van der Waals surface area (Å²) < 4.78 is 47.2. The van der Waals surface area contributed by atoms with E-state index in [2.05, 4.69) is 9.97 Å². The van der Waals surface area contributed by atoms with Crippen LogP contribution in [0, 0.1) is 17.6 Å². The number of imidazole rings is 1. The molecule has 0 aliphatic heterocycles. The zero-order valence-electron chi connectivity index (χ0n) is 11.5. The molecule has 7 heteroatoms. The van der Waals surface area contributed by atoms with Crippen molar-refractivity contribution in [2.75, 3.05) is 0 Å². The van der Waals surface area contributed by atoms with Gasteiger partial charge in [0.25, 0.3) is 0 Å². The Hall–Kier alpha value is -3.09. The highest BCUT2D eigenvalue weighted by Gasteiger charge is 2.20. The van der Waals surface area contributed by atoms with Crippen LogP contribution in [-0.2, 0) is 0 Å². The van der Waals surface area contributed by atoms with Crippen LogP contribution in [-0.4, -0.2) is 14.4 Å². The van der Waals surface area contributed by atoms with Gasteiger partial charge < -0.3 is 4.42 Å². The first-order valence-electron chi connectivity index (χ1n) is 6.66. The maximum Gasteiger partial charge on any atom is 0.306 e. The molecule has 0 saturated heterocycles. The molecule has 4 aromatic rings. The van der Waals surface area contributed by atoms with Crippen LogP contribution >= 0.6 is 0 Å². The second-order valence-electron chi connectivity index (χ2n) is 4.86. The van der Waals surface area contributed by atoms with Crippen LogP contribution in [0.4, 0.5) is 13.2 Å². The predicted octanol–water partition coefficient (Wildman–Crippen LogP) is 4.07. The summed E-state index contributed by atoms with van der Waals surface area (Å²) in [7, 11) is 0. The van der Waals surface area contributed by atoms with Gasteiger partial charge in [0.05, 0.1) is 5.69 Å². The lowest BCUT2D eigenvalue weighted by Crippen LogP contribution is -1.92. The van der Waals surface area contributed by atoms with Crippen molar-refractivity contribution in [2.24, 2.45) is 0 Å². The Morgan fingerprint density at radius 2 is 1.91 bits per heavy atom. The van der Waals surface area contributed by atoms with Gasteiger partial charge in [-0.2, -0.15) is 9.37 Å². The van der Waals surface area contributed by atoms with Gasteiger partial charge in [0.15, 0.2) is 0 Å². The minimum absolute atomic E-state index is 0.115. The Bertz CT molecular complexity index is 1010. The molecule has 0 N–H and O–H groups in total. The summed E-state index contributed by atoms with van der Waals surface area (Å²) in [5.41, 5.74) is 1.38. The molecule has 0 fully saturated rings. The number of hydrogen-bond acceptors (Lipinski definition) is 3. The Balaban J connectivity index is 2.01. The van der Waals surface area contributed by atoms with E-state index in [1.54, 1.807) is 10.6 Å². The molecule has 3 heterocycles. The monoisotopic (exact) mass is 315 g/mol. The van der Waals surface area contributed by atoms with Gasteiger partial charge >= 0.3 is 5.84 Å². The average molecular weight is 315 g/mol. The number of aromatic nitrogens is 3. The van der Waals surface area contributed by atoms with Crippen molar-refractivity contribution in [3.05, 3.63) is 66.6 Å². The van der Waals surface area contributed by atoms with Crippen LogP contribution in [0.3, 0.4) is 0 Å². The predicted molar refractivity (Wildman–Crippen MR) is 76.0 cm³/mol. The molecule has 0 atom stereocenters. The second-order valence-corrected chi connectivity index (χ2v) is 4.86. The van der Waals surface area contributed by atoms with E-state index in [0.717, 1.165) is 12.1 Å². The van der Waals surface area contributed by atoms with E-state index < -0.39 is 17.6 Å². The SMILES string of the molecule is Fc1ccc(-c2nc3occn3c2-c2ccc(F)nc2)c(F)c1. The fourth-order valence-electron chi connectivity index (χ4n) is 2.45. The van der Waals surface area contributed by atoms with Crippen molar-refractivity contribution in [3.63, 3.8) is 0 Å². The lowest BCUT2D eigenvalue weighted by molar-refractivity contribution is 0.583. The van der Waals surface area contributed by atoms with E-state index in [-0.39, 0.29) is 17.1 Å². The van der Waals surface area contributed by atoms with Crippen molar-refractivity contribution in [1.82, 2.24) is 14.4 Å². The minimum atomic E-state index is -0.748. The zero-order chi connectivity index (χ0) is 16.0. The molecule has 0 aliphatic carbocycles. The van der Waals surface area contributed by atoms with Crippen LogP contribution in [0.25, 0.3) is 28.4 Å². The highest BCUT2D eigenvalue weighted by atomic mass is 19.1. The first-order chi connectivity index (χ1) is 11.1. The summed E-state index contributed by atoms with van der Waals surface area (Å²) in [4.78, 5) is 7.85. The molecule has 0 radical (unpaired) electrons. The van der Waals surface area contributed by atoms with Gasteiger partial charge in [-0.15, -0.1) is 0 Å². The first-order valence-corrected chi connectivity index (χ1v) is 6.66. The normalized spacial score (nSPS) is 11.3. The largest absolute Gasteiger partial charge is 0.432 e. The number of benzene rings is 1. The van der Waals surface area contributed by atoms with E-state index >= 15 is 0 Å². The first kappa shape index (κ1) is 13.6. The van der Waals surface area contributed by atoms with Gasteiger partial charge in [-0.05, 0) is 24.3 Å². The van der Waals surface area contributed by atoms with Crippen molar-refractivity contribution in [2.45, 2.75) is 0 Å². The number of oxazole rings is 1. The number of rotatable bonds is 2. The lowest BCUT2D eigenvalue weighted by atomic mass is 10.1. The summed E-state index contributed by atoms with van der Waals surface area (Å²) in [5.74, 6) is -1.82. The highest BCUT2D eigenvalue weighted by molar-refractivity contribution is 5.81. The number of pyridine rings is 1. The van der Waals surface area contributed by atoms with Crippen LogP contribution in [0.1, 0.15) is 0 Å². The van der Waals surface area contributed by atoms with E-state index in [0.29, 0.717) is 11.3 Å². The molecule has 0 saturated carbocycles. The molecule has 23 heavy (non-hydrogen) atoms. The third kappa shape index (κ3) is 2.17. The lowest BCUT2D eigenvalue weighted by Gasteiger charge is -2.05. The van der Waals surface area contributed by atoms with Crippen LogP contribution in [0.2, 0.25) is 0 Å². The molecule has 4 nitrogen and oxygen atoms in total. The fourth-order valence-corrected chi connectivity index (χ4v) is 2.45. The molecular formula is C16H8F3N3O. The highest BCUT2D eigenvalue weighted by Crippen LogP contribution is 2.34. The molecular weight excluding hydrogens is 307 g/mol. The van der Waals surface area contributed by atoms with Gasteiger partial charge in [0.1, 0.15) is 23.6 Å². The third-order valence-electron chi connectivity index (χ3n) is 3.45. The topological polar surface area (TPSA) is 43.3 Å². The van der Waals surface area contributed by atoms with E-state index in [1.807, 2.05) is 0 Å². The molecule has 0 spiro atoms. The van der Waals surface area contributed by atoms with Crippen molar-refractivity contribution in [1.29, 1.82) is 0 Å². The van der Waals surface area contributed by atoms with Gasteiger partial charge in [-0.3, -0.25) is 4.40 Å². The summed E-state index contributed by atoms with van der Waals surface area (Å²) in [5, 5.41) is 0. The van der Waals surface area contributed by atoms with E-state index in [1.165, 1.54) is 30.7 Å². The number of fused-ring (bicyclic) bond motifs is 1. The zero-order valence-corrected chi connectivity index (χ0v) is 11.5. The van der Waals surface area contributed by atoms with Gasteiger partial charge in [0.2, 0.25) is 5.95 Å². The summed E-state index contributed by atoms with van der Waals surface area (Å²) in [6.45, 7) is 0. The summed E-state index contributed by atoms with van der Waals surface area (Å²) in [6.07, 6.45) is 4.34. The molecule has 4 rings (SSSR count). The van der Waals surface area contributed by atoms with Crippen LogP contribution in [0.5, 0.6) is 0 Å². The molecule has 114 valence electrons. The average Bonchev–Trinajstić information content (AvgIpc) is 3.09. The van der Waals surface area contributed by atoms with Crippen molar-refractivity contribution >= 4 is 5.84 Å².